The van der Waals surface area contributed by atoms with Gasteiger partial charge in [-0.1, -0.05) is 33.8 Å². The van der Waals surface area contributed by atoms with Gasteiger partial charge in [-0.3, -0.25) is 9.59 Å². The highest BCUT2D eigenvalue weighted by molar-refractivity contribution is 7.89. The monoisotopic (exact) mass is 489 g/mol. The largest absolute Gasteiger partial charge is 0.349 e. The second-order valence-electron chi connectivity index (χ2n) is 8.83. The number of nitrogens with one attached hydrogen (secondary N) is 2. The van der Waals surface area contributed by atoms with Crippen molar-refractivity contribution < 1.29 is 18.0 Å². The van der Waals surface area contributed by atoms with Crippen LogP contribution in [0.15, 0.2) is 35.4 Å². The molecule has 1 unspecified atom stereocenters. The third-order valence-electron chi connectivity index (χ3n) is 6.08. The summed E-state index contributed by atoms with van der Waals surface area (Å²) >= 11 is 0. The number of carbonyl (C=O) groups is 2. The molecule has 1 aromatic carbocycles. The molecule has 2 N–H and O–H groups in total. The first-order valence-electron chi connectivity index (χ1n) is 11.9. The molecule has 0 aliphatic carbocycles. The molecule has 0 saturated heterocycles. The average molecular weight is 490 g/mol. The standard InChI is InChI=1S/C24H35N5O4S/c1-5-29(6-2)34(32,33)20-11-9-10-18(14-20)23(30)27-22(17(3)4)24(31)25-15-19-16-28-13-8-7-12-21(28)26-19/h9-11,14,16-17,22H,5-8,12-13,15H2,1-4H3,(H,25,31)(H,27,30). The summed E-state index contributed by atoms with van der Waals surface area (Å²) in [6, 6.07) is 5.14. The summed E-state index contributed by atoms with van der Waals surface area (Å²) in [6.07, 6.45) is 5.18. The first-order valence-corrected chi connectivity index (χ1v) is 13.3. The average Bonchev–Trinajstić information content (AvgIpc) is 3.24. The van der Waals surface area contributed by atoms with E-state index in [0.29, 0.717) is 13.1 Å². The number of carbonyl (C=O) groups excluding carboxylic acids is 2. The quantitative estimate of drug-likeness (QED) is 0.532. The minimum Gasteiger partial charge on any atom is -0.349 e. The summed E-state index contributed by atoms with van der Waals surface area (Å²) in [6.45, 7) is 9.14. The van der Waals surface area contributed by atoms with Crippen LogP contribution in [-0.2, 0) is 34.3 Å². The van der Waals surface area contributed by atoms with Crippen molar-refractivity contribution in [1.82, 2.24) is 24.5 Å². The molecule has 1 atom stereocenters. The fourth-order valence-electron chi connectivity index (χ4n) is 4.11. The number of amides is 2. The van der Waals surface area contributed by atoms with Crippen LogP contribution in [0.1, 0.15) is 62.4 Å². The van der Waals surface area contributed by atoms with Crippen molar-refractivity contribution in [2.45, 2.75) is 71.0 Å². The van der Waals surface area contributed by atoms with E-state index in [-0.39, 0.29) is 28.8 Å². The molecular formula is C24H35N5O4S. The van der Waals surface area contributed by atoms with Crippen molar-refractivity contribution in [3.05, 3.63) is 47.5 Å². The van der Waals surface area contributed by atoms with Crippen LogP contribution in [-0.4, -0.2) is 53.2 Å². The Hall–Kier alpha value is -2.72. The molecule has 10 heteroatoms. The maximum Gasteiger partial charge on any atom is 0.251 e. The molecule has 0 radical (unpaired) electrons. The van der Waals surface area contributed by atoms with E-state index in [1.54, 1.807) is 19.9 Å². The molecule has 0 fully saturated rings. The zero-order chi connectivity index (χ0) is 24.9. The Labute approximate surface area is 202 Å². The van der Waals surface area contributed by atoms with Crippen LogP contribution in [0.3, 0.4) is 0 Å². The molecule has 0 bridgehead atoms. The summed E-state index contributed by atoms with van der Waals surface area (Å²) in [4.78, 5) is 30.5. The van der Waals surface area contributed by atoms with Crippen LogP contribution in [0.5, 0.6) is 0 Å². The van der Waals surface area contributed by atoms with Gasteiger partial charge < -0.3 is 15.2 Å². The minimum absolute atomic E-state index is 0.0538. The van der Waals surface area contributed by atoms with E-state index in [1.807, 2.05) is 20.0 Å². The van der Waals surface area contributed by atoms with Gasteiger partial charge in [-0.2, -0.15) is 4.31 Å². The lowest BCUT2D eigenvalue weighted by Gasteiger charge is -2.22. The normalized spacial score (nSPS) is 14.6. The number of fused-ring (bicyclic) bond motifs is 1. The molecule has 34 heavy (non-hydrogen) atoms. The Kier molecular flexibility index (Phi) is 8.48. The highest BCUT2D eigenvalue weighted by Crippen LogP contribution is 2.18. The Balaban J connectivity index is 1.68. The molecule has 2 heterocycles. The molecular weight excluding hydrogens is 454 g/mol. The van der Waals surface area contributed by atoms with Gasteiger partial charge in [0.1, 0.15) is 11.9 Å². The predicted molar refractivity (Wildman–Crippen MR) is 130 cm³/mol. The van der Waals surface area contributed by atoms with Crippen LogP contribution in [0, 0.1) is 5.92 Å². The lowest BCUT2D eigenvalue weighted by Crippen LogP contribution is -2.49. The lowest BCUT2D eigenvalue weighted by molar-refractivity contribution is -0.124. The van der Waals surface area contributed by atoms with Gasteiger partial charge in [0, 0.05) is 37.8 Å². The van der Waals surface area contributed by atoms with Gasteiger partial charge in [0.05, 0.1) is 17.1 Å². The second-order valence-corrected chi connectivity index (χ2v) is 10.8. The summed E-state index contributed by atoms with van der Waals surface area (Å²) in [5.41, 5.74) is 0.988. The topological polar surface area (TPSA) is 113 Å². The zero-order valence-corrected chi connectivity index (χ0v) is 21.2. The van der Waals surface area contributed by atoms with Gasteiger partial charge in [-0.15, -0.1) is 0 Å². The second kappa shape index (κ2) is 11.1. The van der Waals surface area contributed by atoms with Gasteiger partial charge in [-0.25, -0.2) is 13.4 Å². The van der Waals surface area contributed by atoms with Crippen LogP contribution in [0.2, 0.25) is 0 Å². The molecule has 2 amide bonds. The lowest BCUT2D eigenvalue weighted by atomic mass is 10.0. The van der Waals surface area contributed by atoms with Crippen LogP contribution in [0.25, 0.3) is 0 Å². The number of sulfonamides is 1. The fraction of sp³-hybridized carbons (Fsp3) is 0.542. The molecule has 3 rings (SSSR count). The van der Waals surface area contributed by atoms with Crippen molar-refractivity contribution in [3.63, 3.8) is 0 Å². The van der Waals surface area contributed by atoms with Gasteiger partial charge in [0.25, 0.3) is 5.91 Å². The van der Waals surface area contributed by atoms with Crippen molar-refractivity contribution in [3.8, 4) is 0 Å². The molecule has 9 nitrogen and oxygen atoms in total. The Bertz CT molecular complexity index is 1100. The maximum absolute atomic E-state index is 12.9. The number of hydrogen-bond acceptors (Lipinski definition) is 5. The van der Waals surface area contributed by atoms with Gasteiger partial charge in [0.2, 0.25) is 15.9 Å². The van der Waals surface area contributed by atoms with Crippen molar-refractivity contribution in [2.24, 2.45) is 5.92 Å². The highest BCUT2D eigenvalue weighted by atomic mass is 32.2. The fourth-order valence-corrected chi connectivity index (χ4v) is 5.62. The van der Waals surface area contributed by atoms with Gasteiger partial charge in [-0.05, 0) is 37.0 Å². The smallest absolute Gasteiger partial charge is 0.251 e. The van der Waals surface area contributed by atoms with Gasteiger partial charge in [0.15, 0.2) is 0 Å². The van der Waals surface area contributed by atoms with E-state index in [0.717, 1.165) is 37.3 Å². The van der Waals surface area contributed by atoms with Crippen molar-refractivity contribution in [1.29, 1.82) is 0 Å². The van der Waals surface area contributed by atoms with E-state index < -0.39 is 22.0 Å². The molecule has 1 aromatic heterocycles. The Morgan fingerprint density at radius 3 is 2.56 bits per heavy atom. The number of hydrogen-bond donors (Lipinski definition) is 2. The van der Waals surface area contributed by atoms with E-state index in [1.165, 1.54) is 22.5 Å². The molecule has 1 aliphatic rings. The number of imidazole rings is 1. The van der Waals surface area contributed by atoms with Crippen LogP contribution >= 0.6 is 0 Å². The summed E-state index contributed by atoms with van der Waals surface area (Å²) in [5.74, 6) is 0.0784. The Morgan fingerprint density at radius 2 is 1.91 bits per heavy atom. The van der Waals surface area contributed by atoms with E-state index in [9.17, 15) is 18.0 Å². The predicted octanol–water partition coefficient (Wildman–Crippen LogP) is 2.32. The number of aromatic nitrogens is 2. The van der Waals surface area contributed by atoms with Crippen LogP contribution < -0.4 is 10.6 Å². The molecule has 186 valence electrons. The first-order chi connectivity index (χ1) is 16.2. The summed E-state index contributed by atoms with van der Waals surface area (Å²) < 4.78 is 29.1. The van der Waals surface area contributed by atoms with Gasteiger partial charge >= 0.3 is 0 Å². The SMILES string of the molecule is CCN(CC)S(=O)(=O)c1cccc(C(=O)NC(C(=O)NCc2cn3c(n2)CCCC3)C(C)C)c1. The third kappa shape index (κ3) is 5.85. The molecule has 2 aromatic rings. The highest BCUT2D eigenvalue weighted by Gasteiger charge is 2.27. The first kappa shape index (κ1) is 25.9. The minimum atomic E-state index is -3.69. The van der Waals surface area contributed by atoms with Crippen molar-refractivity contribution in [2.75, 3.05) is 13.1 Å². The Morgan fingerprint density at radius 1 is 1.18 bits per heavy atom. The summed E-state index contributed by atoms with van der Waals surface area (Å²) in [7, 11) is -3.69. The van der Waals surface area contributed by atoms with Crippen LogP contribution in [0.4, 0.5) is 0 Å². The molecule has 0 spiro atoms. The maximum atomic E-state index is 12.9. The number of benzene rings is 1. The summed E-state index contributed by atoms with van der Waals surface area (Å²) in [5, 5.41) is 5.65. The number of aryl methyl sites for hydroxylation is 2. The van der Waals surface area contributed by atoms with E-state index >= 15 is 0 Å². The van der Waals surface area contributed by atoms with Crippen molar-refractivity contribution >= 4 is 21.8 Å². The van der Waals surface area contributed by atoms with E-state index in [4.69, 9.17) is 0 Å². The number of nitrogens with zero attached hydrogens (tertiary/aromatic N) is 3. The number of rotatable bonds is 10. The van der Waals surface area contributed by atoms with E-state index in [2.05, 4.69) is 20.2 Å². The third-order valence-corrected chi connectivity index (χ3v) is 8.12. The molecule has 1 aliphatic heterocycles. The zero-order valence-electron chi connectivity index (χ0n) is 20.4. The molecule has 0 saturated carbocycles.